The summed E-state index contributed by atoms with van der Waals surface area (Å²) in [7, 11) is 3.37. The summed E-state index contributed by atoms with van der Waals surface area (Å²) in [5.74, 6) is 1.66. The van der Waals surface area contributed by atoms with Crippen LogP contribution in [0.1, 0.15) is 37.8 Å². The molecule has 1 aromatic carbocycles. The third-order valence-electron chi connectivity index (χ3n) is 4.48. The van der Waals surface area contributed by atoms with Crippen molar-refractivity contribution in [1.82, 2.24) is 15.1 Å². The lowest BCUT2D eigenvalue weighted by molar-refractivity contribution is 0.326. The largest absolute Gasteiger partial charge is 0.497 e. The third-order valence-corrected chi connectivity index (χ3v) is 5.76. The molecular formula is C19H28N4O2S. The van der Waals surface area contributed by atoms with Crippen LogP contribution in [0.25, 0.3) is 0 Å². The molecule has 1 aliphatic rings. The highest BCUT2D eigenvalue weighted by molar-refractivity contribution is 7.15. The zero-order valence-corrected chi connectivity index (χ0v) is 17.0. The molecule has 0 bridgehead atoms. The molecule has 2 heterocycles. The topological polar surface area (TPSA) is 59.5 Å². The zero-order valence-electron chi connectivity index (χ0n) is 16.2. The average Bonchev–Trinajstić information content (AvgIpc) is 3.24. The van der Waals surface area contributed by atoms with E-state index in [1.165, 1.54) is 5.56 Å². The lowest BCUT2D eigenvalue weighted by Gasteiger charge is -2.17. The van der Waals surface area contributed by atoms with Gasteiger partial charge in [0, 0.05) is 37.2 Å². The minimum absolute atomic E-state index is 0.0464. The van der Waals surface area contributed by atoms with Crippen LogP contribution in [0.15, 0.2) is 18.2 Å². The van der Waals surface area contributed by atoms with Gasteiger partial charge in [-0.1, -0.05) is 32.1 Å². The minimum Gasteiger partial charge on any atom is -0.497 e. The Balaban J connectivity index is 1.58. The van der Waals surface area contributed by atoms with Gasteiger partial charge in [-0.25, -0.2) is 0 Å². The Hall–Kier alpha value is -1.86. The molecule has 0 amide bonds. The van der Waals surface area contributed by atoms with Crippen molar-refractivity contribution in [3.05, 3.63) is 28.8 Å². The van der Waals surface area contributed by atoms with Gasteiger partial charge in [0.05, 0.1) is 14.2 Å². The maximum atomic E-state index is 5.37. The molecule has 0 aliphatic carbocycles. The summed E-state index contributed by atoms with van der Waals surface area (Å²) in [6.45, 7) is 9.42. The SMILES string of the molecule is COc1cc(CN2CCC(Nc3nnc(C(C)(C)C)s3)C2)cc(OC)c1. The molecule has 1 saturated heterocycles. The van der Waals surface area contributed by atoms with E-state index in [1.807, 2.05) is 6.07 Å². The van der Waals surface area contributed by atoms with E-state index in [9.17, 15) is 0 Å². The van der Waals surface area contributed by atoms with E-state index in [-0.39, 0.29) is 5.41 Å². The van der Waals surface area contributed by atoms with Crippen LogP contribution < -0.4 is 14.8 Å². The number of methoxy groups -OCH3 is 2. The first-order valence-corrected chi connectivity index (χ1v) is 9.74. The van der Waals surface area contributed by atoms with Gasteiger partial charge in [-0.15, -0.1) is 10.2 Å². The molecule has 3 rings (SSSR count). The van der Waals surface area contributed by atoms with Gasteiger partial charge >= 0.3 is 0 Å². The van der Waals surface area contributed by atoms with E-state index in [1.54, 1.807) is 25.6 Å². The van der Waals surface area contributed by atoms with Gasteiger partial charge in [-0.05, 0) is 24.1 Å². The quantitative estimate of drug-likeness (QED) is 0.832. The van der Waals surface area contributed by atoms with Crippen LogP contribution in [0.4, 0.5) is 5.13 Å². The Labute approximate surface area is 159 Å². The summed E-state index contributed by atoms with van der Waals surface area (Å²) >= 11 is 1.66. The molecule has 1 atom stereocenters. The van der Waals surface area contributed by atoms with Crippen LogP contribution in [0.5, 0.6) is 11.5 Å². The Morgan fingerprint density at radius 2 is 1.85 bits per heavy atom. The predicted molar refractivity (Wildman–Crippen MR) is 105 cm³/mol. The summed E-state index contributed by atoms with van der Waals surface area (Å²) in [4.78, 5) is 2.44. The highest BCUT2D eigenvalue weighted by Gasteiger charge is 2.25. The fraction of sp³-hybridized carbons (Fsp3) is 0.579. The first-order chi connectivity index (χ1) is 12.4. The number of benzene rings is 1. The fourth-order valence-corrected chi connectivity index (χ4v) is 3.95. The van der Waals surface area contributed by atoms with Crippen LogP contribution in [-0.2, 0) is 12.0 Å². The summed E-state index contributed by atoms with van der Waals surface area (Å²) in [5, 5.41) is 14.2. The summed E-state index contributed by atoms with van der Waals surface area (Å²) in [6.07, 6.45) is 1.10. The van der Waals surface area contributed by atoms with E-state index >= 15 is 0 Å². The number of likely N-dealkylation sites (tertiary alicyclic amines) is 1. The molecule has 0 saturated carbocycles. The number of rotatable bonds is 6. The van der Waals surface area contributed by atoms with Gasteiger partial charge in [-0.2, -0.15) is 0 Å². The Kier molecular flexibility index (Phi) is 5.67. The Morgan fingerprint density at radius 1 is 1.15 bits per heavy atom. The molecule has 0 spiro atoms. The maximum absolute atomic E-state index is 5.37. The van der Waals surface area contributed by atoms with Crippen LogP contribution in [-0.4, -0.2) is 48.4 Å². The van der Waals surface area contributed by atoms with Gasteiger partial charge in [0.15, 0.2) is 0 Å². The second-order valence-corrected chi connectivity index (χ2v) is 8.73. The highest BCUT2D eigenvalue weighted by atomic mass is 32.1. The number of nitrogens with zero attached hydrogens (tertiary/aromatic N) is 3. The molecule has 2 aromatic rings. The first kappa shape index (κ1) is 18.9. The van der Waals surface area contributed by atoms with Crippen molar-refractivity contribution in [3.8, 4) is 11.5 Å². The van der Waals surface area contributed by atoms with Gasteiger partial charge in [-0.3, -0.25) is 4.90 Å². The van der Waals surface area contributed by atoms with Crippen LogP contribution >= 0.6 is 11.3 Å². The highest BCUT2D eigenvalue weighted by Crippen LogP contribution is 2.29. The molecular weight excluding hydrogens is 348 g/mol. The van der Waals surface area contributed by atoms with Crippen molar-refractivity contribution in [2.75, 3.05) is 32.6 Å². The second kappa shape index (κ2) is 7.80. The van der Waals surface area contributed by atoms with E-state index in [2.05, 4.69) is 53.3 Å². The van der Waals surface area contributed by atoms with Crippen molar-refractivity contribution in [2.45, 2.75) is 45.2 Å². The first-order valence-electron chi connectivity index (χ1n) is 8.92. The molecule has 1 N–H and O–H groups in total. The Bertz CT molecular complexity index is 719. The molecule has 1 unspecified atom stereocenters. The number of hydrogen-bond acceptors (Lipinski definition) is 7. The number of aromatic nitrogens is 2. The predicted octanol–water partition coefficient (Wildman–Crippen LogP) is 3.54. The Morgan fingerprint density at radius 3 is 2.42 bits per heavy atom. The number of hydrogen-bond donors (Lipinski definition) is 1. The van der Waals surface area contributed by atoms with Crippen LogP contribution in [0.2, 0.25) is 0 Å². The lowest BCUT2D eigenvalue weighted by atomic mass is 9.98. The fourth-order valence-electron chi connectivity index (χ4n) is 3.07. The van der Waals surface area contributed by atoms with Crippen molar-refractivity contribution in [2.24, 2.45) is 0 Å². The van der Waals surface area contributed by atoms with Gasteiger partial charge < -0.3 is 14.8 Å². The van der Waals surface area contributed by atoms with E-state index in [0.29, 0.717) is 6.04 Å². The average molecular weight is 377 g/mol. The normalized spacial score (nSPS) is 18.1. The minimum atomic E-state index is 0.0464. The summed E-state index contributed by atoms with van der Waals surface area (Å²) in [5.41, 5.74) is 1.25. The van der Waals surface area contributed by atoms with Gasteiger partial charge in [0.25, 0.3) is 0 Å². The van der Waals surface area contributed by atoms with Crippen LogP contribution in [0, 0.1) is 0 Å². The maximum Gasteiger partial charge on any atom is 0.205 e. The monoisotopic (exact) mass is 376 g/mol. The van der Waals surface area contributed by atoms with Gasteiger partial charge in [0.1, 0.15) is 16.5 Å². The van der Waals surface area contributed by atoms with Crippen molar-refractivity contribution >= 4 is 16.5 Å². The molecule has 142 valence electrons. The summed E-state index contributed by atoms with van der Waals surface area (Å²) < 4.78 is 10.7. The molecule has 6 nitrogen and oxygen atoms in total. The van der Waals surface area contributed by atoms with E-state index in [0.717, 1.165) is 47.7 Å². The van der Waals surface area contributed by atoms with E-state index in [4.69, 9.17) is 9.47 Å². The smallest absolute Gasteiger partial charge is 0.205 e. The van der Waals surface area contributed by atoms with E-state index < -0.39 is 0 Å². The third kappa shape index (κ3) is 4.65. The molecule has 7 heteroatoms. The van der Waals surface area contributed by atoms with Crippen molar-refractivity contribution < 1.29 is 9.47 Å². The molecule has 1 aromatic heterocycles. The van der Waals surface area contributed by atoms with Crippen molar-refractivity contribution in [1.29, 1.82) is 0 Å². The standard InChI is InChI=1S/C19H28N4O2S/c1-19(2,3)17-21-22-18(26-17)20-14-6-7-23(12-14)11-13-8-15(24-4)10-16(9-13)25-5/h8-10,14H,6-7,11-12H2,1-5H3,(H,20,22). The molecule has 1 aliphatic heterocycles. The van der Waals surface area contributed by atoms with Gasteiger partial charge in [0.2, 0.25) is 5.13 Å². The second-order valence-electron chi connectivity index (χ2n) is 7.75. The number of anilines is 1. The van der Waals surface area contributed by atoms with Crippen molar-refractivity contribution in [3.63, 3.8) is 0 Å². The lowest BCUT2D eigenvalue weighted by Crippen LogP contribution is -2.26. The summed E-state index contributed by atoms with van der Waals surface area (Å²) in [6, 6.07) is 6.45. The number of ether oxygens (including phenoxy) is 2. The molecule has 1 fully saturated rings. The van der Waals surface area contributed by atoms with Crippen LogP contribution in [0.3, 0.4) is 0 Å². The molecule has 0 radical (unpaired) electrons. The molecule has 26 heavy (non-hydrogen) atoms. The zero-order chi connectivity index (χ0) is 18.7. The number of nitrogens with one attached hydrogen (secondary N) is 1.